The summed E-state index contributed by atoms with van der Waals surface area (Å²) in [5, 5.41) is 13.8. The number of fused-ring (bicyclic) bond motifs is 1. The average molecular weight is 297 g/mol. The number of aromatic nitrogens is 4. The number of halogens is 1. The molecule has 2 aromatic rings. The number of nitrogens with zero attached hydrogens (tertiary/aromatic N) is 6. The van der Waals surface area contributed by atoms with Crippen molar-refractivity contribution in [2.24, 2.45) is 0 Å². The number of hydrogen-bond acceptors (Lipinski definition) is 6. The zero-order chi connectivity index (χ0) is 14.1. The van der Waals surface area contributed by atoms with E-state index < -0.39 is 0 Å². The van der Waals surface area contributed by atoms with Gasteiger partial charge in [-0.2, -0.15) is 14.6 Å². The molecule has 0 amide bonds. The van der Waals surface area contributed by atoms with E-state index in [0.29, 0.717) is 10.8 Å². The van der Waals surface area contributed by atoms with Crippen molar-refractivity contribution in [1.82, 2.24) is 24.5 Å². The number of aliphatic hydroxyl groups is 1. The molecule has 8 heteroatoms. The maximum atomic E-state index is 8.99. The van der Waals surface area contributed by atoms with E-state index in [4.69, 9.17) is 16.7 Å². The van der Waals surface area contributed by atoms with Gasteiger partial charge in [-0.1, -0.05) is 11.6 Å². The monoisotopic (exact) mass is 296 g/mol. The molecule has 3 rings (SSSR count). The third-order valence-electron chi connectivity index (χ3n) is 3.60. The molecule has 1 fully saturated rings. The Kier molecular flexibility index (Phi) is 3.73. The van der Waals surface area contributed by atoms with Crippen LogP contribution >= 0.6 is 11.6 Å². The molecule has 2 aromatic heterocycles. The normalized spacial score (nSPS) is 17.1. The molecule has 1 saturated heterocycles. The van der Waals surface area contributed by atoms with Gasteiger partial charge in [0, 0.05) is 32.7 Å². The van der Waals surface area contributed by atoms with Crippen molar-refractivity contribution in [3.8, 4) is 0 Å². The number of rotatable bonds is 3. The molecule has 20 heavy (non-hydrogen) atoms. The van der Waals surface area contributed by atoms with Crippen LogP contribution in [0.2, 0.25) is 5.02 Å². The second kappa shape index (κ2) is 5.51. The Balaban J connectivity index is 1.91. The Morgan fingerprint density at radius 3 is 2.75 bits per heavy atom. The van der Waals surface area contributed by atoms with E-state index in [1.165, 1.54) is 6.33 Å². The number of anilines is 1. The molecular weight excluding hydrogens is 280 g/mol. The predicted octanol–water partition coefficient (Wildman–Crippen LogP) is 0.200. The van der Waals surface area contributed by atoms with Crippen molar-refractivity contribution in [1.29, 1.82) is 0 Å². The highest BCUT2D eigenvalue weighted by molar-refractivity contribution is 6.33. The minimum absolute atomic E-state index is 0.197. The number of aryl methyl sites for hydroxylation is 1. The summed E-state index contributed by atoms with van der Waals surface area (Å²) >= 11 is 6.41. The topological polar surface area (TPSA) is 69.8 Å². The molecule has 0 unspecified atom stereocenters. The van der Waals surface area contributed by atoms with Gasteiger partial charge in [0.05, 0.1) is 12.3 Å². The van der Waals surface area contributed by atoms with Crippen LogP contribution in [0.3, 0.4) is 0 Å². The van der Waals surface area contributed by atoms with Crippen LogP contribution in [-0.2, 0) is 0 Å². The first kappa shape index (κ1) is 13.5. The third kappa shape index (κ3) is 2.32. The van der Waals surface area contributed by atoms with Crippen molar-refractivity contribution >= 4 is 23.2 Å². The van der Waals surface area contributed by atoms with Crippen LogP contribution in [0.25, 0.3) is 5.78 Å². The SMILES string of the molecule is Cc1nc2ncnn2c(N2CCN(CCO)CC2)c1Cl. The predicted molar refractivity (Wildman–Crippen MR) is 76.3 cm³/mol. The summed E-state index contributed by atoms with van der Waals surface area (Å²) in [6.45, 7) is 6.28. The molecule has 0 spiro atoms. The first-order valence-corrected chi connectivity index (χ1v) is 7.02. The zero-order valence-corrected chi connectivity index (χ0v) is 12.1. The van der Waals surface area contributed by atoms with Crippen molar-refractivity contribution in [3.05, 3.63) is 17.0 Å². The van der Waals surface area contributed by atoms with Gasteiger partial charge in [0.25, 0.3) is 5.78 Å². The van der Waals surface area contributed by atoms with Crippen molar-refractivity contribution in [2.75, 3.05) is 44.2 Å². The second-order valence-corrected chi connectivity index (χ2v) is 5.24. The lowest BCUT2D eigenvalue weighted by Crippen LogP contribution is -2.48. The molecule has 0 bridgehead atoms. The Bertz CT molecular complexity index is 607. The van der Waals surface area contributed by atoms with E-state index in [-0.39, 0.29) is 6.61 Å². The molecule has 108 valence electrons. The minimum Gasteiger partial charge on any atom is -0.395 e. The smallest absolute Gasteiger partial charge is 0.254 e. The lowest BCUT2D eigenvalue weighted by Gasteiger charge is -2.36. The van der Waals surface area contributed by atoms with E-state index >= 15 is 0 Å². The Morgan fingerprint density at radius 2 is 2.05 bits per heavy atom. The van der Waals surface area contributed by atoms with Crippen LogP contribution in [-0.4, -0.2) is 68.9 Å². The summed E-state index contributed by atoms with van der Waals surface area (Å²) < 4.78 is 1.69. The van der Waals surface area contributed by atoms with Crippen LogP contribution < -0.4 is 4.90 Å². The first-order valence-electron chi connectivity index (χ1n) is 6.64. The van der Waals surface area contributed by atoms with Crippen LogP contribution in [0.5, 0.6) is 0 Å². The van der Waals surface area contributed by atoms with Crippen molar-refractivity contribution in [2.45, 2.75) is 6.92 Å². The molecule has 0 aliphatic carbocycles. The van der Waals surface area contributed by atoms with Gasteiger partial charge in [0.1, 0.15) is 11.3 Å². The maximum absolute atomic E-state index is 8.99. The van der Waals surface area contributed by atoms with Crippen LogP contribution in [0.1, 0.15) is 5.69 Å². The zero-order valence-electron chi connectivity index (χ0n) is 11.3. The van der Waals surface area contributed by atoms with Gasteiger partial charge >= 0.3 is 0 Å². The van der Waals surface area contributed by atoms with E-state index in [1.54, 1.807) is 4.52 Å². The van der Waals surface area contributed by atoms with Crippen LogP contribution in [0.4, 0.5) is 5.82 Å². The maximum Gasteiger partial charge on any atom is 0.254 e. The summed E-state index contributed by atoms with van der Waals surface area (Å²) in [5.74, 6) is 1.43. The van der Waals surface area contributed by atoms with E-state index in [9.17, 15) is 0 Å². The molecule has 1 N–H and O–H groups in total. The largest absolute Gasteiger partial charge is 0.395 e. The van der Waals surface area contributed by atoms with Crippen LogP contribution in [0.15, 0.2) is 6.33 Å². The lowest BCUT2D eigenvalue weighted by molar-refractivity contribution is 0.188. The highest BCUT2D eigenvalue weighted by Crippen LogP contribution is 2.28. The summed E-state index contributed by atoms with van der Waals surface area (Å²) in [4.78, 5) is 12.9. The van der Waals surface area contributed by atoms with Gasteiger partial charge in [-0.25, -0.2) is 4.98 Å². The van der Waals surface area contributed by atoms with E-state index in [2.05, 4.69) is 24.9 Å². The Labute approximate surface area is 121 Å². The lowest BCUT2D eigenvalue weighted by atomic mass is 10.3. The fourth-order valence-corrected chi connectivity index (χ4v) is 2.75. The van der Waals surface area contributed by atoms with Gasteiger partial charge in [0.15, 0.2) is 5.82 Å². The van der Waals surface area contributed by atoms with E-state index in [1.807, 2.05) is 6.92 Å². The van der Waals surface area contributed by atoms with Gasteiger partial charge in [0.2, 0.25) is 0 Å². The molecule has 0 aromatic carbocycles. The number of aliphatic hydroxyl groups excluding tert-OH is 1. The molecule has 0 saturated carbocycles. The van der Waals surface area contributed by atoms with Gasteiger partial charge in [-0.05, 0) is 6.92 Å². The molecule has 0 atom stereocenters. The van der Waals surface area contributed by atoms with E-state index in [0.717, 1.165) is 44.2 Å². The fourth-order valence-electron chi connectivity index (χ4n) is 2.51. The molecule has 0 radical (unpaired) electrons. The highest BCUT2D eigenvalue weighted by atomic mass is 35.5. The summed E-state index contributed by atoms with van der Waals surface area (Å²) in [5.41, 5.74) is 0.764. The Hall–Kier alpha value is -1.44. The summed E-state index contributed by atoms with van der Waals surface area (Å²) in [7, 11) is 0. The van der Waals surface area contributed by atoms with Crippen LogP contribution in [0, 0.1) is 6.92 Å². The quantitative estimate of drug-likeness (QED) is 0.873. The average Bonchev–Trinajstić information content (AvgIpc) is 2.89. The van der Waals surface area contributed by atoms with Crippen molar-refractivity contribution in [3.63, 3.8) is 0 Å². The minimum atomic E-state index is 0.197. The van der Waals surface area contributed by atoms with Gasteiger partial charge < -0.3 is 10.0 Å². The van der Waals surface area contributed by atoms with Crippen molar-refractivity contribution < 1.29 is 5.11 Å². The van der Waals surface area contributed by atoms with Gasteiger partial charge in [-0.3, -0.25) is 4.90 Å². The number of β-amino-alcohol motifs (C(OH)–C–C–N with tert-alkyl or cyclic N) is 1. The molecular formula is C12H17ClN6O. The summed E-state index contributed by atoms with van der Waals surface area (Å²) in [6, 6.07) is 0. The molecule has 3 heterocycles. The first-order chi connectivity index (χ1) is 9.70. The summed E-state index contributed by atoms with van der Waals surface area (Å²) in [6.07, 6.45) is 1.49. The third-order valence-corrected chi connectivity index (χ3v) is 4.04. The highest BCUT2D eigenvalue weighted by Gasteiger charge is 2.23. The number of piperazine rings is 1. The standard InChI is InChI=1S/C12H17ClN6O/c1-9-10(13)11(19-12(16-9)14-8-15-19)18-4-2-17(3-5-18)6-7-20/h8,20H,2-7H2,1H3. The van der Waals surface area contributed by atoms with Gasteiger partial charge in [-0.15, -0.1) is 0 Å². The second-order valence-electron chi connectivity index (χ2n) is 4.86. The molecule has 7 nitrogen and oxygen atoms in total. The Morgan fingerprint density at radius 1 is 1.30 bits per heavy atom. The molecule has 1 aliphatic rings. The molecule has 1 aliphatic heterocycles. The number of hydrogen-bond donors (Lipinski definition) is 1. The fraction of sp³-hybridized carbons (Fsp3) is 0.583.